The topological polar surface area (TPSA) is 68.5 Å². The molecule has 3 aromatic rings. The molecule has 0 saturated carbocycles. The van der Waals surface area contributed by atoms with Crippen molar-refractivity contribution in [3.63, 3.8) is 0 Å². The number of carbonyl (C=O) groups is 1. The highest BCUT2D eigenvalue weighted by molar-refractivity contribution is 5.98. The summed E-state index contributed by atoms with van der Waals surface area (Å²) in [6.07, 6.45) is 0. The number of anilines is 1. The maximum Gasteiger partial charge on any atom is 0.265 e. The van der Waals surface area contributed by atoms with Crippen LogP contribution in [0.2, 0.25) is 0 Å². The molecule has 27 heavy (non-hydrogen) atoms. The van der Waals surface area contributed by atoms with Crippen LogP contribution in [-0.2, 0) is 4.79 Å². The third kappa shape index (κ3) is 3.18. The summed E-state index contributed by atoms with van der Waals surface area (Å²) in [6.45, 7) is 6.90. The SMILES string of the molecule is CCN1C(=O)COc2ccc(-c3noc(-c4ccc(C(C)C)cc4)n3)cc21. The smallest absolute Gasteiger partial charge is 0.265 e. The molecule has 0 fully saturated rings. The third-order valence-corrected chi connectivity index (χ3v) is 4.73. The second kappa shape index (κ2) is 6.87. The van der Waals surface area contributed by atoms with E-state index in [4.69, 9.17) is 9.26 Å². The molecule has 1 aromatic heterocycles. The number of ether oxygens (including phenoxy) is 1. The largest absolute Gasteiger partial charge is 0.482 e. The highest BCUT2D eigenvalue weighted by Gasteiger charge is 2.25. The van der Waals surface area contributed by atoms with E-state index in [0.29, 0.717) is 29.9 Å². The van der Waals surface area contributed by atoms with Gasteiger partial charge >= 0.3 is 0 Å². The first-order chi connectivity index (χ1) is 13.1. The second-order valence-electron chi connectivity index (χ2n) is 6.81. The van der Waals surface area contributed by atoms with Crippen molar-refractivity contribution < 1.29 is 14.1 Å². The van der Waals surface area contributed by atoms with Gasteiger partial charge in [0.1, 0.15) is 5.75 Å². The van der Waals surface area contributed by atoms with Gasteiger partial charge in [-0.15, -0.1) is 0 Å². The Morgan fingerprint density at radius 3 is 2.56 bits per heavy atom. The molecule has 6 nitrogen and oxygen atoms in total. The van der Waals surface area contributed by atoms with E-state index in [1.807, 2.05) is 37.3 Å². The molecule has 0 atom stereocenters. The zero-order valence-electron chi connectivity index (χ0n) is 15.6. The Morgan fingerprint density at radius 2 is 1.85 bits per heavy atom. The number of carbonyl (C=O) groups excluding carboxylic acids is 1. The van der Waals surface area contributed by atoms with Crippen molar-refractivity contribution in [1.29, 1.82) is 0 Å². The molecule has 0 spiro atoms. The van der Waals surface area contributed by atoms with Crippen LogP contribution in [0, 0.1) is 0 Å². The van der Waals surface area contributed by atoms with Crippen molar-refractivity contribution >= 4 is 11.6 Å². The number of nitrogens with zero attached hydrogens (tertiary/aromatic N) is 3. The Kier molecular flexibility index (Phi) is 4.39. The van der Waals surface area contributed by atoms with E-state index in [1.165, 1.54) is 5.56 Å². The van der Waals surface area contributed by atoms with Gasteiger partial charge in [0.25, 0.3) is 11.8 Å². The van der Waals surface area contributed by atoms with Gasteiger partial charge in [-0.05, 0) is 48.7 Å². The highest BCUT2D eigenvalue weighted by atomic mass is 16.5. The fourth-order valence-corrected chi connectivity index (χ4v) is 3.16. The number of amides is 1. The number of hydrogen-bond acceptors (Lipinski definition) is 5. The van der Waals surface area contributed by atoms with E-state index in [2.05, 4.69) is 36.1 Å². The van der Waals surface area contributed by atoms with Gasteiger partial charge in [-0.3, -0.25) is 4.79 Å². The normalized spacial score (nSPS) is 13.6. The Morgan fingerprint density at radius 1 is 1.11 bits per heavy atom. The second-order valence-corrected chi connectivity index (χ2v) is 6.81. The minimum absolute atomic E-state index is 0.0545. The summed E-state index contributed by atoms with van der Waals surface area (Å²) in [5, 5.41) is 4.11. The van der Waals surface area contributed by atoms with Gasteiger partial charge in [-0.2, -0.15) is 4.98 Å². The molecule has 0 saturated heterocycles. The molecule has 0 bridgehead atoms. The maximum atomic E-state index is 12.1. The first-order valence-electron chi connectivity index (χ1n) is 9.08. The van der Waals surface area contributed by atoms with Crippen LogP contribution in [0.3, 0.4) is 0 Å². The van der Waals surface area contributed by atoms with Crippen molar-refractivity contribution in [2.75, 3.05) is 18.1 Å². The Bertz CT molecular complexity index is 977. The van der Waals surface area contributed by atoms with Gasteiger partial charge < -0.3 is 14.2 Å². The third-order valence-electron chi connectivity index (χ3n) is 4.73. The van der Waals surface area contributed by atoms with Crippen LogP contribution in [0.15, 0.2) is 47.0 Å². The number of benzene rings is 2. The first kappa shape index (κ1) is 17.3. The van der Waals surface area contributed by atoms with Gasteiger partial charge in [0.05, 0.1) is 5.69 Å². The standard InChI is InChI=1S/C21H21N3O3/c1-4-24-17-11-16(9-10-18(17)26-12-19(24)25)20-22-21(27-23-20)15-7-5-14(6-8-15)13(2)3/h5-11,13H,4,12H2,1-3H3. The van der Waals surface area contributed by atoms with E-state index in [0.717, 1.165) is 16.8 Å². The average Bonchev–Trinajstić information content (AvgIpc) is 3.18. The van der Waals surface area contributed by atoms with E-state index < -0.39 is 0 Å². The lowest BCUT2D eigenvalue weighted by atomic mass is 10.0. The molecule has 4 rings (SSSR count). The molecule has 2 heterocycles. The Hall–Kier alpha value is -3.15. The van der Waals surface area contributed by atoms with Gasteiger partial charge in [0.2, 0.25) is 5.82 Å². The Labute approximate surface area is 157 Å². The van der Waals surface area contributed by atoms with Crippen molar-refractivity contribution in [1.82, 2.24) is 10.1 Å². The van der Waals surface area contributed by atoms with Crippen LogP contribution in [0.1, 0.15) is 32.3 Å². The minimum atomic E-state index is -0.0545. The van der Waals surface area contributed by atoms with Crippen LogP contribution in [0.5, 0.6) is 5.75 Å². The predicted octanol–water partition coefficient (Wildman–Crippen LogP) is 4.27. The van der Waals surface area contributed by atoms with Gasteiger partial charge in [-0.1, -0.05) is 31.1 Å². The van der Waals surface area contributed by atoms with Gasteiger partial charge in [-0.25, -0.2) is 0 Å². The summed E-state index contributed by atoms with van der Waals surface area (Å²) in [4.78, 5) is 18.3. The summed E-state index contributed by atoms with van der Waals surface area (Å²) in [6, 6.07) is 13.7. The monoisotopic (exact) mass is 363 g/mol. The van der Waals surface area contributed by atoms with Crippen LogP contribution < -0.4 is 9.64 Å². The number of rotatable bonds is 4. The summed E-state index contributed by atoms with van der Waals surface area (Å²) >= 11 is 0. The minimum Gasteiger partial charge on any atom is -0.482 e. The van der Waals surface area contributed by atoms with Gasteiger partial charge in [0.15, 0.2) is 6.61 Å². The molecule has 0 N–H and O–H groups in total. The summed E-state index contributed by atoms with van der Waals surface area (Å²) in [7, 11) is 0. The van der Waals surface area contributed by atoms with E-state index in [1.54, 1.807) is 4.90 Å². The van der Waals surface area contributed by atoms with Crippen LogP contribution in [0.25, 0.3) is 22.8 Å². The molecule has 1 aliphatic heterocycles. The molecule has 0 aliphatic carbocycles. The molecule has 2 aromatic carbocycles. The molecular formula is C21H21N3O3. The van der Waals surface area contributed by atoms with Crippen molar-refractivity contribution in [3.05, 3.63) is 48.0 Å². The lowest BCUT2D eigenvalue weighted by Crippen LogP contribution is -2.38. The van der Waals surface area contributed by atoms with E-state index in [-0.39, 0.29) is 12.5 Å². The molecular weight excluding hydrogens is 342 g/mol. The fraction of sp³-hybridized carbons (Fsp3) is 0.286. The zero-order valence-corrected chi connectivity index (χ0v) is 15.6. The molecule has 6 heteroatoms. The molecule has 1 aliphatic rings. The van der Waals surface area contributed by atoms with Crippen molar-refractivity contribution in [2.24, 2.45) is 0 Å². The fourth-order valence-electron chi connectivity index (χ4n) is 3.16. The predicted molar refractivity (Wildman–Crippen MR) is 103 cm³/mol. The summed E-state index contributed by atoms with van der Waals surface area (Å²) < 4.78 is 11.0. The lowest BCUT2D eigenvalue weighted by molar-refractivity contribution is -0.121. The van der Waals surface area contributed by atoms with Gasteiger partial charge in [0, 0.05) is 17.7 Å². The van der Waals surface area contributed by atoms with Crippen molar-refractivity contribution in [3.8, 4) is 28.6 Å². The van der Waals surface area contributed by atoms with Crippen LogP contribution in [-0.4, -0.2) is 29.2 Å². The number of hydrogen-bond donors (Lipinski definition) is 0. The number of aromatic nitrogens is 2. The van der Waals surface area contributed by atoms with Crippen LogP contribution >= 0.6 is 0 Å². The quantitative estimate of drug-likeness (QED) is 0.692. The highest BCUT2D eigenvalue weighted by Crippen LogP contribution is 2.35. The molecule has 0 unspecified atom stereocenters. The molecule has 138 valence electrons. The zero-order chi connectivity index (χ0) is 19.0. The maximum absolute atomic E-state index is 12.1. The van der Waals surface area contributed by atoms with E-state index >= 15 is 0 Å². The number of fused-ring (bicyclic) bond motifs is 1. The number of likely N-dealkylation sites (N-methyl/N-ethyl adjacent to an activating group) is 1. The lowest BCUT2D eigenvalue weighted by Gasteiger charge is -2.28. The summed E-state index contributed by atoms with van der Waals surface area (Å²) in [5.41, 5.74) is 3.65. The first-order valence-corrected chi connectivity index (χ1v) is 9.08. The molecule has 1 amide bonds. The van der Waals surface area contributed by atoms with Crippen LogP contribution in [0.4, 0.5) is 5.69 Å². The average molecular weight is 363 g/mol. The summed E-state index contributed by atoms with van der Waals surface area (Å²) in [5.74, 6) is 2.06. The molecule has 0 radical (unpaired) electrons. The van der Waals surface area contributed by atoms with Crippen molar-refractivity contribution in [2.45, 2.75) is 26.7 Å². The Balaban J connectivity index is 1.66. The van der Waals surface area contributed by atoms with E-state index in [9.17, 15) is 4.79 Å².